The van der Waals surface area contributed by atoms with Crippen molar-refractivity contribution in [3.63, 3.8) is 0 Å². The molecule has 0 amide bonds. The highest BCUT2D eigenvalue weighted by Crippen LogP contribution is 2.20. The maximum atomic E-state index is 12.8. The summed E-state index contributed by atoms with van der Waals surface area (Å²) in [6.45, 7) is 7.69. The minimum absolute atomic E-state index is 0.339. The monoisotopic (exact) mass is 356 g/mol. The molecule has 0 radical (unpaired) electrons. The highest BCUT2D eigenvalue weighted by atomic mass is 16.2. The molecule has 2 aromatic rings. The number of rotatable bonds is 4. The smallest absolute Gasteiger partial charge is 0.332 e. The van der Waals surface area contributed by atoms with Crippen molar-refractivity contribution in [1.82, 2.24) is 24.0 Å². The van der Waals surface area contributed by atoms with Crippen molar-refractivity contribution in [2.45, 2.75) is 26.9 Å². The summed E-state index contributed by atoms with van der Waals surface area (Å²) in [6, 6.07) is 0. The Morgan fingerprint density at radius 1 is 1.23 bits per heavy atom. The van der Waals surface area contributed by atoms with Gasteiger partial charge in [-0.2, -0.15) is 4.98 Å². The molecule has 26 heavy (non-hydrogen) atoms. The Morgan fingerprint density at radius 3 is 2.62 bits per heavy atom. The molecule has 8 heteroatoms. The summed E-state index contributed by atoms with van der Waals surface area (Å²) in [7, 11) is 1.50. The van der Waals surface area contributed by atoms with Gasteiger partial charge in [-0.1, -0.05) is 18.1 Å². The first-order valence-corrected chi connectivity index (χ1v) is 8.76. The molecular weight excluding hydrogens is 332 g/mol. The van der Waals surface area contributed by atoms with E-state index in [0.29, 0.717) is 30.2 Å². The zero-order valence-electron chi connectivity index (χ0n) is 15.4. The van der Waals surface area contributed by atoms with Crippen LogP contribution >= 0.6 is 0 Å². The molecule has 1 N–H and O–H groups in total. The van der Waals surface area contributed by atoms with Crippen molar-refractivity contribution in [2.24, 2.45) is 7.05 Å². The Bertz CT molecular complexity index is 1010. The molecule has 1 aliphatic rings. The Hall–Kier alpha value is -2.79. The molecule has 138 valence electrons. The van der Waals surface area contributed by atoms with Gasteiger partial charge in [-0.3, -0.25) is 18.5 Å². The molecule has 3 rings (SSSR count). The highest BCUT2D eigenvalue weighted by Gasteiger charge is 2.23. The van der Waals surface area contributed by atoms with Crippen molar-refractivity contribution in [2.75, 3.05) is 31.1 Å². The quantitative estimate of drug-likeness (QED) is 0.612. The van der Waals surface area contributed by atoms with Gasteiger partial charge in [0.1, 0.15) is 0 Å². The van der Waals surface area contributed by atoms with Gasteiger partial charge in [0.25, 0.3) is 5.56 Å². The Balaban J connectivity index is 2.32. The van der Waals surface area contributed by atoms with Gasteiger partial charge in [-0.05, 0) is 13.8 Å². The molecule has 0 saturated carbocycles. The van der Waals surface area contributed by atoms with E-state index in [4.69, 9.17) is 4.98 Å². The Morgan fingerprint density at radius 2 is 1.96 bits per heavy atom. The predicted octanol–water partition coefficient (Wildman–Crippen LogP) is -0.0943. The maximum absolute atomic E-state index is 12.8. The first-order chi connectivity index (χ1) is 12.6. The third-order valence-electron chi connectivity index (χ3n) is 4.55. The lowest BCUT2D eigenvalue weighted by atomic mass is 10.4. The molecule has 0 atom stereocenters. The van der Waals surface area contributed by atoms with E-state index in [-0.39, 0.29) is 11.2 Å². The number of fused-ring (bicyclic) bond motifs is 1. The second kappa shape index (κ2) is 7.62. The third kappa shape index (κ3) is 3.06. The molecular formula is C18H24N6O2. The standard InChI is InChI=1S/C18H24N6O2/c1-4-6-10-23-14-15(20-17(23)22-12-8-19-9-13-22)24(11-7-5-2)18(26)21(3)16(14)25/h5,7,19H,8-13H2,1-3H3. The first kappa shape index (κ1) is 18.0. The van der Waals surface area contributed by atoms with E-state index >= 15 is 0 Å². The fourth-order valence-electron chi connectivity index (χ4n) is 3.13. The molecule has 8 nitrogen and oxygen atoms in total. The van der Waals surface area contributed by atoms with Crippen LogP contribution in [0.15, 0.2) is 21.7 Å². The fourth-order valence-corrected chi connectivity index (χ4v) is 3.13. The molecule has 1 aliphatic heterocycles. The highest BCUT2D eigenvalue weighted by molar-refractivity contribution is 5.75. The fraction of sp³-hybridized carbons (Fsp3) is 0.500. The largest absolute Gasteiger partial charge is 0.340 e. The van der Waals surface area contributed by atoms with E-state index in [9.17, 15) is 9.59 Å². The van der Waals surface area contributed by atoms with Crippen molar-refractivity contribution in [3.8, 4) is 11.8 Å². The van der Waals surface area contributed by atoms with E-state index < -0.39 is 0 Å². The second-order valence-electron chi connectivity index (χ2n) is 6.16. The average molecular weight is 356 g/mol. The van der Waals surface area contributed by atoms with Crippen LogP contribution in [0, 0.1) is 11.8 Å². The number of anilines is 1. The lowest BCUT2D eigenvalue weighted by Gasteiger charge is -2.28. The predicted molar refractivity (Wildman–Crippen MR) is 103 cm³/mol. The van der Waals surface area contributed by atoms with Crippen LogP contribution in [0.3, 0.4) is 0 Å². The Labute approximate surface area is 151 Å². The average Bonchev–Trinajstić information content (AvgIpc) is 3.04. The molecule has 0 unspecified atom stereocenters. The summed E-state index contributed by atoms with van der Waals surface area (Å²) in [6.07, 6.45) is 3.75. The van der Waals surface area contributed by atoms with Gasteiger partial charge in [0.15, 0.2) is 11.2 Å². The summed E-state index contributed by atoms with van der Waals surface area (Å²) in [5.41, 5.74) is 0.141. The van der Waals surface area contributed by atoms with E-state index in [2.05, 4.69) is 22.1 Å². The summed E-state index contributed by atoms with van der Waals surface area (Å²) >= 11 is 0. The van der Waals surface area contributed by atoms with E-state index in [1.54, 1.807) is 6.92 Å². The van der Waals surface area contributed by atoms with E-state index in [0.717, 1.165) is 30.7 Å². The van der Waals surface area contributed by atoms with Gasteiger partial charge in [0.2, 0.25) is 5.95 Å². The van der Waals surface area contributed by atoms with Crippen LogP contribution in [0.4, 0.5) is 5.95 Å². The summed E-state index contributed by atoms with van der Waals surface area (Å²) in [5.74, 6) is 6.60. The van der Waals surface area contributed by atoms with Gasteiger partial charge < -0.3 is 10.2 Å². The van der Waals surface area contributed by atoms with Crippen molar-refractivity contribution in [1.29, 1.82) is 0 Å². The van der Waals surface area contributed by atoms with Gasteiger partial charge in [0.05, 0.1) is 6.54 Å². The van der Waals surface area contributed by atoms with Gasteiger partial charge in [-0.15, -0.1) is 5.92 Å². The van der Waals surface area contributed by atoms with Crippen molar-refractivity contribution >= 4 is 17.1 Å². The molecule has 0 aliphatic carbocycles. The SMILES string of the molecule is CC#CCn1c(N2CCNCC2)nc2c1c(=O)n(C)c(=O)n2CC=CC. The van der Waals surface area contributed by atoms with Gasteiger partial charge in [-0.25, -0.2) is 4.79 Å². The van der Waals surface area contributed by atoms with Crippen LogP contribution in [0.25, 0.3) is 11.2 Å². The molecule has 0 bridgehead atoms. The Kier molecular flexibility index (Phi) is 5.28. The van der Waals surface area contributed by atoms with Crippen LogP contribution < -0.4 is 21.5 Å². The van der Waals surface area contributed by atoms with Crippen LogP contribution in [0.1, 0.15) is 13.8 Å². The number of hydrogen-bond donors (Lipinski definition) is 1. The first-order valence-electron chi connectivity index (χ1n) is 8.76. The number of nitrogens with one attached hydrogen (secondary N) is 1. The zero-order valence-corrected chi connectivity index (χ0v) is 15.4. The lowest BCUT2D eigenvalue weighted by Crippen LogP contribution is -2.44. The van der Waals surface area contributed by atoms with Gasteiger partial charge >= 0.3 is 5.69 Å². The van der Waals surface area contributed by atoms with Crippen LogP contribution in [0.5, 0.6) is 0 Å². The van der Waals surface area contributed by atoms with Crippen molar-refractivity contribution < 1.29 is 0 Å². The zero-order chi connectivity index (χ0) is 18.7. The normalized spacial score (nSPS) is 14.8. The minimum Gasteiger partial charge on any atom is -0.340 e. The summed E-state index contributed by atoms with van der Waals surface area (Å²) in [5, 5.41) is 3.31. The number of aromatic nitrogens is 4. The topological polar surface area (TPSA) is 77.1 Å². The van der Waals surface area contributed by atoms with Crippen molar-refractivity contribution in [3.05, 3.63) is 33.0 Å². The van der Waals surface area contributed by atoms with Crippen LogP contribution in [-0.4, -0.2) is 44.9 Å². The molecule has 1 fully saturated rings. The number of imidazole rings is 1. The number of piperazine rings is 1. The number of nitrogens with zero attached hydrogens (tertiary/aromatic N) is 5. The number of hydrogen-bond acceptors (Lipinski definition) is 5. The summed E-state index contributed by atoms with van der Waals surface area (Å²) in [4.78, 5) is 32.3. The third-order valence-corrected chi connectivity index (χ3v) is 4.55. The van der Waals surface area contributed by atoms with Crippen LogP contribution in [-0.2, 0) is 20.1 Å². The number of allylic oxidation sites excluding steroid dienone is 2. The lowest BCUT2D eigenvalue weighted by molar-refractivity contribution is 0.573. The molecule has 1 saturated heterocycles. The van der Waals surface area contributed by atoms with E-state index in [1.165, 1.54) is 11.6 Å². The molecule has 2 aromatic heterocycles. The van der Waals surface area contributed by atoms with Gasteiger partial charge in [0, 0.05) is 39.8 Å². The van der Waals surface area contributed by atoms with E-state index in [1.807, 2.05) is 23.6 Å². The summed E-state index contributed by atoms with van der Waals surface area (Å²) < 4.78 is 4.52. The maximum Gasteiger partial charge on any atom is 0.332 e. The molecule has 3 heterocycles. The minimum atomic E-state index is -0.362. The molecule has 0 aromatic carbocycles. The second-order valence-corrected chi connectivity index (χ2v) is 6.16. The van der Waals surface area contributed by atoms with Crippen LogP contribution in [0.2, 0.25) is 0 Å². The molecule has 0 spiro atoms.